The molecule has 0 spiro atoms. The Kier molecular flexibility index (Phi) is 5.21. The summed E-state index contributed by atoms with van der Waals surface area (Å²) < 4.78 is 5.99. The van der Waals surface area contributed by atoms with E-state index in [0.717, 1.165) is 43.7 Å². The molecule has 3 heterocycles. The number of piperidine rings is 3. The summed E-state index contributed by atoms with van der Waals surface area (Å²) in [5.41, 5.74) is 2.08. The van der Waals surface area contributed by atoms with Crippen LogP contribution in [0.4, 0.5) is 5.69 Å². The summed E-state index contributed by atoms with van der Waals surface area (Å²) in [7, 11) is 0. The molecule has 2 atom stereocenters. The fourth-order valence-corrected chi connectivity index (χ4v) is 4.05. The van der Waals surface area contributed by atoms with E-state index in [-0.39, 0.29) is 18.1 Å². The molecule has 3 aliphatic heterocycles. The molecule has 4 heteroatoms. The number of esters is 1. The summed E-state index contributed by atoms with van der Waals surface area (Å²) in [6.07, 6.45) is 2.96. The molecule has 3 saturated heterocycles. The number of para-hydroxylation sites is 1. The van der Waals surface area contributed by atoms with Gasteiger partial charge in [0.05, 0.1) is 0 Å². The van der Waals surface area contributed by atoms with Crippen molar-refractivity contribution >= 4 is 11.7 Å². The zero-order chi connectivity index (χ0) is 17.8. The van der Waals surface area contributed by atoms with Crippen LogP contribution < -0.4 is 5.32 Å². The summed E-state index contributed by atoms with van der Waals surface area (Å²) in [4.78, 5) is 15.4. The normalized spacial score (nSPS) is 25.5. The molecule has 0 aliphatic carbocycles. The molecular formula is C22H26N2O2. The first-order valence-electron chi connectivity index (χ1n) is 9.56. The van der Waals surface area contributed by atoms with Gasteiger partial charge in [0, 0.05) is 18.7 Å². The highest BCUT2D eigenvalue weighted by Gasteiger charge is 2.37. The lowest BCUT2D eigenvalue weighted by molar-refractivity contribution is -0.159. The number of carbonyl (C=O) groups is 1. The van der Waals surface area contributed by atoms with Crippen molar-refractivity contribution in [2.75, 3.05) is 25.0 Å². The number of anilines is 1. The van der Waals surface area contributed by atoms with Crippen LogP contribution in [0.5, 0.6) is 0 Å². The summed E-state index contributed by atoms with van der Waals surface area (Å²) >= 11 is 0. The van der Waals surface area contributed by atoms with Crippen LogP contribution in [0.15, 0.2) is 60.7 Å². The molecule has 136 valence electrons. The molecule has 1 N–H and O–H groups in total. The molecule has 0 radical (unpaired) electrons. The minimum atomic E-state index is -0.379. The Hall–Kier alpha value is -2.33. The molecule has 2 bridgehead atoms. The van der Waals surface area contributed by atoms with Gasteiger partial charge in [0.1, 0.15) is 12.1 Å². The van der Waals surface area contributed by atoms with Crippen LogP contribution in [-0.4, -0.2) is 42.6 Å². The molecule has 0 amide bonds. The van der Waals surface area contributed by atoms with Crippen molar-refractivity contribution < 1.29 is 9.53 Å². The highest BCUT2D eigenvalue weighted by atomic mass is 16.5. The van der Waals surface area contributed by atoms with Crippen molar-refractivity contribution in [2.45, 2.75) is 31.4 Å². The van der Waals surface area contributed by atoms with Crippen LogP contribution in [0.25, 0.3) is 0 Å². The zero-order valence-corrected chi connectivity index (χ0v) is 15.0. The molecule has 0 saturated carbocycles. The Balaban J connectivity index is 1.46. The molecule has 4 nitrogen and oxygen atoms in total. The summed E-state index contributed by atoms with van der Waals surface area (Å²) in [5, 5.41) is 3.37. The smallest absolute Gasteiger partial charge is 0.329 e. The van der Waals surface area contributed by atoms with Crippen LogP contribution in [-0.2, 0) is 16.0 Å². The summed E-state index contributed by atoms with van der Waals surface area (Å²) in [5.74, 6) is 0.384. The molecule has 5 rings (SSSR count). The fraction of sp³-hybridized carbons (Fsp3) is 0.409. The Morgan fingerprint density at radius 2 is 1.69 bits per heavy atom. The summed E-state index contributed by atoms with van der Waals surface area (Å²) in [6, 6.07) is 19.6. The van der Waals surface area contributed by atoms with Gasteiger partial charge in [0.15, 0.2) is 0 Å². The minimum Gasteiger partial charge on any atom is -0.459 e. The molecule has 0 aromatic heterocycles. The first-order valence-corrected chi connectivity index (χ1v) is 9.56. The number of nitrogens with zero attached hydrogens (tertiary/aromatic N) is 1. The maximum Gasteiger partial charge on any atom is 0.329 e. The number of hydrogen-bond acceptors (Lipinski definition) is 4. The van der Waals surface area contributed by atoms with Crippen molar-refractivity contribution in [2.24, 2.45) is 5.92 Å². The second kappa shape index (κ2) is 7.92. The van der Waals surface area contributed by atoms with Gasteiger partial charge < -0.3 is 10.1 Å². The van der Waals surface area contributed by atoms with Gasteiger partial charge in [-0.25, -0.2) is 4.79 Å². The maximum atomic E-state index is 13.0. The van der Waals surface area contributed by atoms with E-state index < -0.39 is 0 Å². The topological polar surface area (TPSA) is 41.6 Å². The number of carbonyl (C=O) groups excluding carboxylic acids is 1. The Bertz CT molecular complexity index is 670. The number of ether oxygens (including phenoxy) is 1. The molecule has 0 unspecified atom stereocenters. The zero-order valence-electron chi connectivity index (χ0n) is 15.0. The van der Waals surface area contributed by atoms with E-state index in [4.69, 9.17) is 4.74 Å². The average molecular weight is 350 g/mol. The predicted octanol–water partition coefficient (Wildman–Crippen LogP) is 3.35. The average Bonchev–Trinajstić information content (AvgIpc) is 2.70. The van der Waals surface area contributed by atoms with E-state index in [9.17, 15) is 4.79 Å². The molecule has 2 aromatic carbocycles. The van der Waals surface area contributed by atoms with Gasteiger partial charge in [-0.2, -0.15) is 0 Å². The number of fused-ring (bicyclic) bond motifs is 3. The molecule has 3 aliphatic rings. The van der Waals surface area contributed by atoms with Crippen LogP contribution >= 0.6 is 0 Å². The van der Waals surface area contributed by atoms with Crippen molar-refractivity contribution in [1.82, 2.24) is 4.90 Å². The predicted molar refractivity (Wildman–Crippen MR) is 103 cm³/mol. The van der Waals surface area contributed by atoms with Gasteiger partial charge in [-0.05, 0) is 49.5 Å². The lowest BCUT2D eigenvalue weighted by Gasteiger charge is -2.44. The lowest BCUT2D eigenvalue weighted by Crippen LogP contribution is -2.53. The maximum absolute atomic E-state index is 13.0. The van der Waals surface area contributed by atoms with E-state index >= 15 is 0 Å². The second-order valence-corrected chi connectivity index (χ2v) is 7.37. The monoisotopic (exact) mass is 350 g/mol. The first-order chi connectivity index (χ1) is 12.8. The number of benzene rings is 2. The van der Waals surface area contributed by atoms with E-state index in [1.807, 2.05) is 48.5 Å². The van der Waals surface area contributed by atoms with Gasteiger partial charge in [0.25, 0.3) is 0 Å². The third kappa shape index (κ3) is 4.07. The van der Waals surface area contributed by atoms with Crippen molar-refractivity contribution in [3.63, 3.8) is 0 Å². The Labute approximate surface area is 155 Å². The van der Waals surface area contributed by atoms with Gasteiger partial charge in [0.2, 0.25) is 0 Å². The largest absolute Gasteiger partial charge is 0.459 e. The van der Waals surface area contributed by atoms with Crippen LogP contribution in [0.2, 0.25) is 0 Å². The third-order valence-corrected chi connectivity index (χ3v) is 5.55. The van der Waals surface area contributed by atoms with Crippen LogP contribution in [0.3, 0.4) is 0 Å². The lowest BCUT2D eigenvalue weighted by atomic mass is 9.86. The van der Waals surface area contributed by atoms with Crippen LogP contribution in [0, 0.1) is 5.92 Å². The van der Waals surface area contributed by atoms with Gasteiger partial charge >= 0.3 is 5.97 Å². The fourth-order valence-electron chi connectivity index (χ4n) is 4.05. The van der Waals surface area contributed by atoms with Gasteiger partial charge in [-0.15, -0.1) is 0 Å². The van der Waals surface area contributed by atoms with Gasteiger partial charge in [-0.3, -0.25) is 4.90 Å². The van der Waals surface area contributed by atoms with Crippen molar-refractivity contribution in [3.05, 3.63) is 66.2 Å². The van der Waals surface area contributed by atoms with E-state index in [0.29, 0.717) is 12.3 Å². The number of hydrogen-bond donors (Lipinski definition) is 1. The third-order valence-electron chi connectivity index (χ3n) is 5.55. The Morgan fingerprint density at radius 3 is 2.31 bits per heavy atom. The SMILES string of the molecule is O=C(O[C@H]1CN2CCC1CC2)[C@H](Cc1ccccc1)Nc1ccccc1. The van der Waals surface area contributed by atoms with Crippen molar-refractivity contribution in [3.8, 4) is 0 Å². The van der Waals surface area contributed by atoms with E-state index in [2.05, 4.69) is 22.3 Å². The van der Waals surface area contributed by atoms with E-state index in [1.165, 1.54) is 0 Å². The first kappa shape index (κ1) is 17.1. The minimum absolute atomic E-state index is 0.0425. The highest BCUT2D eigenvalue weighted by molar-refractivity contribution is 5.80. The van der Waals surface area contributed by atoms with E-state index in [1.54, 1.807) is 0 Å². The molecular weight excluding hydrogens is 324 g/mol. The summed E-state index contributed by atoms with van der Waals surface area (Å²) in [6.45, 7) is 3.18. The molecule has 2 aromatic rings. The Morgan fingerprint density at radius 1 is 1.04 bits per heavy atom. The number of nitrogens with one attached hydrogen (secondary N) is 1. The van der Waals surface area contributed by atoms with Gasteiger partial charge in [-0.1, -0.05) is 48.5 Å². The highest BCUT2D eigenvalue weighted by Crippen LogP contribution is 2.30. The van der Waals surface area contributed by atoms with Crippen LogP contribution in [0.1, 0.15) is 18.4 Å². The second-order valence-electron chi connectivity index (χ2n) is 7.37. The standard InChI is InChI=1S/C22H26N2O2/c25-22(26-21-16-24-13-11-18(21)12-14-24)20(15-17-7-3-1-4-8-17)23-19-9-5-2-6-10-19/h1-10,18,20-21,23H,11-16H2/t20-,21-/m0/s1. The molecule has 3 fully saturated rings. The molecule has 26 heavy (non-hydrogen) atoms. The van der Waals surface area contributed by atoms with Crippen molar-refractivity contribution in [1.29, 1.82) is 0 Å². The number of rotatable bonds is 6. The quantitative estimate of drug-likeness (QED) is 0.812.